The zero-order valence-electron chi connectivity index (χ0n) is 9.96. The lowest BCUT2D eigenvalue weighted by atomic mass is 10.1. The summed E-state index contributed by atoms with van der Waals surface area (Å²) in [6.07, 6.45) is 1.73. The fourth-order valence-corrected chi connectivity index (χ4v) is 1.99. The Balaban J connectivity index is 2.37. The first-order valence-electron chi connectivity index (χ1n) is 5.83. The quantitative estimate of drug-likeness (QED) is 0.770. The van der Waals surface area contributed by atoms with E-state index in [-0.39, 0.29) is 0 Å². The van der Waals surface area contributed by atoms with E-state index in [4.69, 9.17) is 27.9 Å². The Kier molecular flexibility index (Phi) is 6.90. The highest BCUT2D eigenvalue weighted by Crippen LogP contribution is 2.22. The molecule has 0 aromatic heterocycles. The Bertz CT molecular complexity index is 342. The lowest BCUT2D eigenvalue weighted by Crippen LogP contribution is -2.14. The van der Waals surface area contributed by atoms with Gasteiger partial charge in [-0.2, -0.15) is 0 Å². The third-order valence-electron chi connectivity index (χ3n) is 2.41. The van der Waals surface area contributed by atoms with Crippen molar-refractivity contribution in [3.8, 4) is 0 Å². The van der Waals surface area contributed by atoms with Crippen molar-refractivity contribution >= 4 is 23.2 Å². The van der Waals surface area contributed by atoms with Crippen LogP contribution < -0.4 is 0 Å². The van der Waals surface area contributed by atoms with Crippen LogP contribution in [0.25, 0.3) is 0 Å². The van der Waals surface area contributed by atoms with Crippen LogP contribution in [0, 0.1) is 0 Å². The maximum atomic E-state index is 9.82. The summed E-state index contributed by atoms with van der Waals surface area (Å²) in [6, 6.07) is 5.32. The third-order valence-corrected chi connectivity index (χ3v) is 3.00. The second-order valence-electron chi connectivity index (χ2n) is 3.99. The van der Waals surface area contributed by atoms with Crippen molar-refractivity contribution < 1.29 is 9.84 Å². The zero-order valence-corrected chi connectivity index (χ0v) is 11.5. The molecule has 2 nitrogen and oxygen atoms in total. The molecule has 1 atom stereocenters. The summed E-state index contributed by atoms with van der Waals surface area (Å²) in [7, 11) is 0. The van der Waals surface area contributed by atoms with Crippen LogP contribution >= 0.6 is 23.2 Å². The molecular formula is C13H18Cl2O2. The van der Waals surface area contributed by atoms with E-state index in [2.05, 4.69) is 6.92 Å². The van der Waals surface area contributed by atoms with Crippen LogP contribution in [0.3, 0.4) is 0 Å². The first-order valence-corrected chi connectivity index (χ1v) is 6.58. The van der Waals surface area contributed by atoms with Gasteiger partial charge in [-0.25, -0.2) is 0 Å². The fraction of sp³-hybridized carbons (Fsp3) is 0.538. The monoisotopic (exact) mass is 276 g/mol. The molecular weight excluding hydrogens is 259 g/mol. The van der Waals surface area contributed by atoms with Crippen LogP contribution in [-0.4, -0.2) is 24.4 Å². The highest BCUT2D eigenvalue weighted by Gasteiger charge is 2.08. The van der Waals surface area contributed by atoms with Gasteiger partial charge in [-0.3, -0.25) is 0 Å². The summed E-state index contributed by atoms with van der Waals surface area (Å²) in [5.74, 6) is 0. The molecule has 0 heterocycles. The van der Waals surface area contributed by atoms with Crippen molar-refractivity contribution in [2.24, 2.45) is 0 Å². The van der Waals surface area contributed by atoms with Crippen LogP contribution in [0.4, 0.5) is 0 Å². The molecule has 0 aliphatic heterocycles. The van der Waals surface area contributed by atoms with Gasteiger partial charge < -0.3 is 9.84 Å². The summed E-state index contributed by atoms with van der Waals surface area (Å²) in [6.45, 7) is 3.39. The van der Waals surface area contributed by atoms with Crippen LogP contribution in [-0.2, 0) is 11.2 Å². The number of halogens is 2. The predicted molar refractivity (Wildman–Crippen MR) is 71.9 cm³/mol. The molecule has 1 aromatic carbocycles. The molecule has 1 N–H and O–H groups in total. The van der Waals surface area contributed by atoms with Crippen molar-refractivity contribution in [2.75, 3.05) is 13.2 Å². The molecule has 0 fully saturated rings. The van der Waals surface area contributed by atoms with Gasteiger partial charge in [0.2, 0.25) is 0 Å². The lowest BCUT2D eigenvalue weighted by Gasteiger charge is -2.12. The molecule has 1 unspecified atom stereocenters. The number of aliphatic hydroxyl groups excluding tert-OH is 1. The lowest BCUT2D eigenvalue weighted by molar-refractivity contribution is 0.0824. The maximum absolute atomic E-state index is 9.82. The average Bonchev–Trinajstić information content (AvgIpc) is 2.28. The van der Waals surface area contributed by atoms with E-state index in [1.165, 1.54) is 0 Å². The van der Waals surface area contributed by atoms with Gasteiger partial charge in [0.25, 0.3) is 0 Å². The van der Waals surface area contributed by atoms with E-state index in [0.29, 0.717) is 29.5 Å². The first-order chi connectivity index (χ1) is 8.13. The van der Waals surface area contributed by atoms with Gasteiger partial charge in [0.15, 0.2) is 0 Å². The van der Waals surface area contributed by atoms with Crippen LogP contribution in [0.2, 0.25) is 10.0 Å². The summed E-state index contributed by atoms with van der Waals surface area (Å²) in [5, 5.41) is 11.0. The Labute approximate surface area is 113 Å². The topological polar surface area (TPSA) is 29.5 Å². The zero-order chi connectivity index (χ0) is 12.7. The van der Waals surface area contributed by atoms with Crippen LogP contribution in [0.5, 0.6) is 0 Å². The minimum atomic E-state index is -0.425. The van der Waals surface area contributed by atoms with E-state index < -0.39 is 6.10 Å². The summed E-state index contributed by atoms with van der Waals surface area (Å²) < 4.78 is 5.33. The largest absolute Gasteiger partial charge is 0.393 e. The second kappa shape index (κ2) is 7.93. The molecule has 17 heavy (non-hydrogen) atoms. The van der Waals surface area contributed by atoms with Crippen molar-refractivity contribution in [3.63, 3.8) is 0 Å². The molecule has 0 bridgehead atoms. The summed E-state index contributed by atoms with van der Waals surface area (Å²) in [4.78, 5) is 0. The maximum Gasteiger partial charge on any atom is 0.0603 e. The second-order valence-corrected chi connectivity index (χ2v) is 4.84. The smallest absolute Gasteiger partial charge is 0.0603 e. The number of hydrogen-bond acceptors (Lipinski definition) is 2. The molecule has 0 saturated heterocycles. The molecule has 0 spiro atoms. The standard InChI is InChI=1S/C13H18Cl2O2/c1-2-6-17-7-5-12(16)8-10-3-4-11(14)9-13(10)15/h3-4,9,12,16H,2,5-8H2,1H3. The Hall–Kier alpha value is -0.280. The highest BCUT2D eigenvalue weighted by molar-refractivity contribution is 6.35. The normalized spacial score (nSPS) is 12.7. The van der Waals surface area contributed by atoms with E-state index in [0.717, 1.165) is 18.6 Å². The molecule has 0 aliphatic carbocycles. The Morgan fingerprint density at radius 2 is 2.06 bits per heavy atom. The molecule has 1 rings (SSSR count). The SMILES string of the molecule is CCCOCCC(O)Cc1ccc(Cl)cc1Cl. The fourth-order valence-electron chi connectivity index (χ4n) is 1.51. The van der Waals surface area contributed by atoms with E-state index in [1.807, 2.05) is 6.07 Å². The number of hydrogen-bond donors (Lipinski definition) is 1. The van der Waals surface area contributed by atoms with Gasteiger partial charge in [0.05, 0.1) is 6.10 Å². The van der Waals surface area contributed by atoms with E-state index in [9.17, 15) is 5.11 Å². The molecule has 1 aromatic rings. The molecule has 0 radical (unpaired) electrons. The van der Waals surface area contributed by atoms with Crippen molar-refractivity contribution in [1.82, 2.24) is 0 Å². The van der Waals surface area contributed by atoms with Gasteiger partial charge in [-0.15, -0.1) is 0 Å². The van der Waals surface area contributed by atoms with E-state index in [1.54, 1.807) is 12.1 Å². The van der Waals surface area contributed by atoms with Gasteiger partial charge in [0.1, 0.15) is 0 Å². The molecule has 0 aliphatic rings. The van der Waals surface area contributed by atoms with Crippen LogP contribution in [0.1, 0.15) is 25.3 Å². The van der Waals surface area contributed by atoms with Gasteiger partial charge >= 0.3 is 0 Å². The highest BCUT2D eigenvalue weighted by atomic mass is 35.5. The minimum Gasteiger partial charge on any atom is -0.393 e. The molecule has 4 heteroatoms. The molecule has 0 saturated carbocycles. The number of ether oxygens (including phenoxy) is 1. The average molecular weight is 277 g/mol. The minimum absolute atomic E-state index is 0.425. The Morgan fingerprint density at radius 3 is 2.71 bits per heavy atom. The first kappa shape index (κ1) is 14.8. The third kappa shape index (κ3) is 5.73. The predicted octanol–water partition coefficient (Wildman–Crippen LogP) is 3.71. The van der Waals surface area contributed by atoms with Crippen molar-refractivity contribution in [1.29, 1.82) is 0 Å². The van der Waals surface area contributed by atoms with Gasteiger partial charge in [-0.05, 0) is 37.0 Å². The van der Waals surface area contributed by atoms with Crippen molar-refractivity contribution in [2.45, 2.75) is 32.3 Å². The number of benzene rings is 1. The number of aliphatic hydroxyl groups is 1. The molecule has 96 valence electrons. The van der Waals surface area contributed by atoms with Crippen LogP contribution in [0.15, 0.2) is 18.2 Å². The van der Waals surface area contributed by atoms with Gasteiger partial charge in [0, 0.05) is 23.3 Å². The van der Waals surface area contributed by atoms with E-state index >= 15 is 0 Å². The summed E-state index contributed by atoms with van der Waals surface area (Å²) in [5.41, 5.74) is 0.916. The number of rotatable bonds is 7. The Morgan fingerprint density at radius 1 is 1.29 bits per heavy atom. The van der Waals surface area contributed by atoms with Gasteiger partial charge in [-0.1, -0.05) is 36.2 Å². The molecule has 0 amide bonds. The van der Waals surface area contributed by atoms with Crippen molar-refractivity contribution in [3.05, 3.63) is 33.8 Å². The summed E-state index contributed by atoms with van der Waals surface area (Å²) >= 11 is 11.8.